The highest BCUT2D eigenvalue weighted by Crippen LogP contribution is 2.27. The number of amidine groups is 2. The molecule has 0 saturated carbocycles. The molecule has 3 nitrogen and oxygen atoms in total. The van der Waals surface area contributed by atoms with E-state index in [1.165, 1.54) is 0 Å². The maximum atomic E-state index is 7.69. The van der Waals surface area contributed by atoms with Crippen LogP contribution in [0.1, 0.15) is 23.6 Å². The molecule has 0 atom stereocenters. The molecule has 3 N–H and O–H groups in total. The highest BCUT2D eigenvalue weighted by molar-refractivity contribution is 6.33. The van der Waals surface area contributed by atoms with Gasteiger partial charge in [-0.1, -0.05) is 18.5 Å². The normalized spacial score (nSPS) is 14.1. The standard InChI is InChI=1S/C10H10ClN3/c1-2-5-7(11)4-3-6-8(5)10(13)14-9(6)12/h3-4H,2H2,1H3,(H3,12,13,14). The topological polar surface area (TPSA) is 59.7 Å². The Labute approximate surface area is 87.1 Å². The SMILES string of the molecule is CCc1c(Cl)ccc2c1C(=N)NC2=N. The van der Waals surface area contributed by atoms with E-state index in [0.29, 0.717) is 5.02 Å². The van der Waals surface area contributed by atoms with Gasteiger partial charge in [0, 0.05) is 16.1 Å². The maximum absolute atomic E-state index is 7.69. The molecule has 0 radical (unpaired) electrons. The number of hydrogen-bond acceptors (Lipinski definition) is 2. The fourth-order valence-electron chi connectivity index (χ4n) is 1.72. The van der Waals surface area contributed by atoms with Gasteiger partial charge in [0.05, 0.1) is 0 Å². The second kappa shape index (κ2) is 3.10. The highest BCUT2D eigenvalue weighted by Gasteiger charge is 2.24. The van der Waals surface area contributed by atoms with Gasteiger partial charge in [-0.15, -0.1) is 0 Å². The van der Waals surface area contributed by atoms with Gasteiger partial charge in [-0.05, 0) is 24.1 Å². The van der Waals surface area contributed by atoms with Gasteiger partial charge < -0.3 is 5.32 Å². The Morgan fingerprint density at radius 3 is 2.64 bits per heavy atom. The van der Waals surface area contributed by atoms with Crippen molar-refractivity contribution in [3.8, 4) is 0 Å². The van der Waals surface area contributed by atoms with Crippen molar-refractivity contribution >= 4 is 23.3 Å². The van der Waals surface area contributed by atoms with Crippen molar-refractivity contribution in [1.29, 1.82) is 10.8 Å². The van der Waals surface area contributed by atoms with Crippen LogP contribution >= 0.6 is 11.6 Å². The third kappa shape index (κ3) is 1.13. The van der Waals surface area contributed by atoms with E-state index in [1.54, 1.807) is 12.1 Å². The number of benzene rings is 1. The Morgan fingerprint density at radius 2 is 2.00 bits per heavy atom. The first-order valence-electron chi connectivity index (χ1n) is 4.41. The van der Waals surface area contributed by atoms with Crippen LogP contribution in [0.2, 0.25) is 5.02 Å². The molecule has 1 aliphatic rings. The fourth-order valence-corrected chi connectivity index (χ4v) is 2.01. The summed E-state index contributed by atoms with van der Waals surface area (Å²) in [5, 5.41) is 18.7. The third-order valence-electron chi connectivity index (χ3n) is 2.38. The molecule has 2 rings (SSSR count). The summed E-state index contributed by atoms with van der Waals surface area (Å²) in [6.45, 7) is 2.00. The van der Waals surface area contributed by atoms with Crippen molar-refractivity contribution in [3.63, 3.8) is 0 Å². The lowest BCUT2D eigenvalue weighted by atomic mass is 10.0. The average Bonchev–Trinajstić information content (AvgIpc) is 2.43. The van der Waals surface area contributed by atoms with E-state index < -0.39 is 0 Å². The van der Waals surface area contributed by atoms with Crippen LogP contribution in [0.15, 0.2) is 12.1 Å². The molecular weight excluding hydrogens is 198 g/mol. The van der Waals surface area contributed by atoms with Gasteiger partial charge in [0.15, 0.2) is 0 Å². The van der Waals surface area contributed by atoms with Gasteiger partial charge in [-0.2, -0.15) is 0 Å². The second-order valence-corrected chi connectivity index (χ2v) is 3.58. The maximum Gasteiger partial charge on any atom is 0.132 e. The molecule has 1 aliphatic heterocycles. The molecule has 0 aliphatic carbocycles. The first-order chi connectivity index (χ1) is 6.65. The Morgan fingerprint density at radius 1 is 1.29 bits per heavy atom. The zero-order valence-corrected chi connectivity index (χ0v) is 8.50. The largest absolute Gasteiger partial charge is 0.325 e. The van der Waals surface area contributed by atoms with Crippen LogP contribution in [0, 0.1) is 10.8 Å². The Kier molecular flexibility index (Phi) is 2.04. The molecule has 1 aromatic carbocycles. The van der Waals surface area contributed by atoms with Crippen LogP contribution in [0.25, 0.3) is 0 Å². The predicted molar refractivity (Wildman–Crippen MR) is 57.6 cm³/mol. The smallest absolute Gasteiger partial charge is 0.132 e. The van der Waals surface area contributed by atoms with Crippen LogP contribution in [0.5, 0.6) is 0 Å². The van der Waals surface area contributed by atoms with Crippen molar-refractivity contribution in [2.24, 2.45) is 0 Å². The lowest BCUT2D eigenvalue weighted by Gasteiger charge is -2.06. The van der Waals surface area contributed by atoms with E-state index in [1.807, 2.05) is 6.92 Å². The van der Waals surface area contributed by atoms with Gasteiger partial charge in [-0.3, -0.25) is 10.8 Å². The Hall–Kier alpha value is -1.35. The predicted octanol–water partition coefficient (Wildman–Crippen LogP) is 2.16. The molecule has 0 aromatic heterocycles. The van der Waals surface area contributed by atoms with E-state index in [2.05, 4.69) is 5.32 Å². The molecule has 1 heterocycles. The molecule has 0 unspecified atom stereocenters. The van der Waals surface area contributed by atoms with Crippen molar-refractivity contribution < 1.29 is 0 Å². The van der Waals surface area contributed by atoms with E-state index in [0.717, 1.165) is 23.1 Å². The molecule has 14 heavy (non-hydrogen) atoms. The van der Waals surface area contributed by atoms with Crippen LogP contribution in [0.3, 0.4) is 0 Å². The molecule has 4 heteroatoms. The summed E-state index contributed by atoms with van der Waals surface area (Å²) in [4.78, 5) is 0. The van der Waals surface area contributed by atoms with Crippen LogP contribution < -0.4 is 5.32 Å². The number of hydrogen-bond donors (Lipinski definition) is 3. The summed E-state index contributed by atoms with van der Waals surface area (Å²) in [5.41, 5.74) is 2.50. The quantitative estimate of drug-likeness (QED) is 0.650. The first kappa shape index (κ1) is 9.21. The Bertz CT molecular complexity index is 437. The van der Waals surface area contributed by atoms with E-state index in [-0.39, 0.29) is 11.7 Å². The van der Waals surface area contributed by atoms with Crippen LogP contribution in [-0.2, 0) is 6.42 Å². The summed E-state index contributed by atoms with van der Waals surface area (Å²) in [6, 6.07) is 3.57. The molecular formula is C10H10ClN3. The van der Waals surface area contributed by atoms with Crippen molar-refractivity contribution in [3.05, 3.63) is 33.8 Å². The number of halogens is 1. The number of fused-ring (bicyclic) bond motifs is 1. The molecule has 0 saturated heterocycles. The van der Waals surface area contributed by atoms with Crippen molar-refractivity contribution in [2.75, 3.05) is 0 Å². The zero-order chi connectivity index (χ0) is 10.3. The summed E-state index contributed by atoms with van der Waals surface area (Å²) < 4.78 is 0. The molecule has 0 spiro atoms. The second-order valence-electron chi connectivity index (χ2n) is 3.18. The van der Waals surface area contributed by atoms with Gasteiger partial charge in [0.25, 0.3) is 0 Å². The van der Waals surface area contributed by atoms with Crippen molar-refractivity contribution in [2.45, 2.75) is 13.3 Å². The minimum atomic E-state index is 0.282. The first-order valence-corrected chi connectivity index (χ1v) is 4.79. The molecule has 0 bridgehead atoms. The molecule has 72 valence electrons. The Balaban J connectivity index is 2.74. The van der Waals surface area contributed by atoms with E-state index in [9.17, 15) is 0 Å². The van der Waals surface area contributed by atoms with Crippen LogP contribution in [-0.4, -0.2) is 11.7 Å². The van der Waals surface area contributed by atoms with Gasteiger partial charge in [0.2, 0.25) is 0 Å². The van der Waals surface area contributed by atoms with Gasteiger partial charge in [0.1, 0.15) is 11.7 Å². The summed E-state index contributed by atoms with van der Waals surface area (Å²) in [5.74, 6) is 0.570. The van der Waals surface area contributed by atoms with Gasteiger partial charge in [-0.25, -0.2) is 0 Å². The lowest BCUT2D eigenvalue weighted by molar-refractivity contribution is 1.13. The minimum Gasteiger partial charge on any atom is -0.325 e. The molecule has 0 fully saturated rings. The molecule has 0 amide bonds. The monoisotopic (exact) mass is 207 g/mol. The lowest BCUT2D eigenvalue weighted by Crippen LogP contribution is -2.20. The number of nitrogens with one attached hydrogen (secondary N) is 3. The van der Waals surface area contributed by atoms with Gasteiger partial charge >= 0.3 is 0 Å². The summed E-state index contributed by atoms with van der Waals surface area (Å²) in [6.07, 6.45) is 0.777. The average molecular weight is 208 g/mol. The van der Waals surface area contributed by atoms with E-state index in [4.69, 9.17) is 22.4 Å². The highest BCUT2D eigenvalue weighted by atomic mass is 35.5. The van der Waals surface area contributed by atoms with Crippen molar-refractivity contribution in [1.82, 2.24) is 5.32 Å². The van der Waals surface area contributed by atoms with Crippen LogP contribution in [0.4, 0.5) is 0 Å². The van der Waals surface area contributed by atoms with E-state index >= 15 is 0 Å². The summed E-state index contributed by atoms with van der Waals surface area (Å²) in [7, 11) is 0. The minimum absolute atomic E-state index is 0.282. The fraction of sp³-hybridized carbons (Fsp3) is 0.200. The third-order valence-corrected chi connectivity index (χ3v) is 2.73. The summed E-state index contributed by atoms with van der Waals surface area (Å²) >= 11 is 6.03. The number of rotatable bonds is 1. The zero-order valence-electron chi connectivity index (χ0n) is 7.74. The molecule has 1 aromatic rings.